The standard InChI is InChI=1S/C16H19FN6S.ClH/c17-13-3-1-12(2-4-13)14-11-23-15(19-14)24-16(20-23)22-9-7-21(6-5-18)8-10-22;/h1-4,11H,5-10,18H2;1H. The van der Waals surface area contributed by atoms with E-state index in [0.717, 1.165) is 54.1 Å². The summed E-state index contributed by atoms with van der Waals surface area (Å²) in [5, 5.41) is 5.65. The van der Waals surface area contributed by atoms with E-state index in [1.807, 2.05) is 10.7 Å². The van der Waals surface area contributed by atoms with E-state index in [-0.39, 0.29) is 18.2 Å². The largest absolute Gasteiger partial charge is 0.344 e. The summed E-state index contributed by atoms with van der Waals surface area (Å²) >= 11 is 1.59. The van der Waals surface area contributed by atoms with E-state index < -0.39 is 0 Å². The first-order valence-electron chi connectivity index (χ1n) is 8.02. The van der Waals surface area contributed by atoms with Gasteiger partial charge in [0.2, 0.25) is 10.1 Å². The molecule has 0 spiro atoms. The molecule has 0 radical (unpaired) electrons. The van der Waals surface area contributed by atoms with Crippen molar-refractivity contribution < 1.29 is 4.39 Å². The summed E-state index contributed by atoms with van der Waals surface area (Å²) in [5.74, 6) is -0.242. The molecule has 1 fully saturated rings. The van der Waals surface area contributed by atoms with Gasteiger partial charge in [0.05, 0.1) is 11.9 Å². The summed E-state index contributed by atoms with van der Waals surface area (Å²) in [4.78, 5) is 10.1. The van der Waals surface area contributed by atoms with Crippen molar-refractivity contribution in [1.29, 1.82) is 0 Å². The Morgan fingerprint density at radius 1 is 1.12 bits per heavy atom. The molecule has 1 aliphatic rings. The smallest absolute Gasteiger partial charge is 0.214 e. The number of halogens is 2. The molecule has 4 rings (SSSR count). The van der Waals surface area contributed by atoms with E-state index in [4.69, 9.17) is 5.73 Å². The van der Waals surface area contributed by atoms with Crippen LogP contribution in [0.2, 0.25) is 0 Å². The van der Waals surface area contributed by atoms with Crippen molar-refractivity contribution >= 4 is 33.8 Å². The minimum atomic E-state index is -0.242. The van der Waals surface area contributed by atoms with E-state index in [2.05, 4.69) is 19.9 Å². The molecule has 2 aromatic heterocycles. The second-order valence-corrected chi connectivity index (χ2v) is 6.80. The summed E-state index contributed by atoms with van der Waals surface area (Å²) in [7, 11) is 0. The van der Waals surface area contributed by atoms with Crippen LogP contribution >= 0.6 is 23.7 Å². The molecule has 9 heteroatoms. The highest BCUT2D eigenvalue weighted by molar-refractivity contribution is 7.20. The number of rotatable bonds is 4. The number of fused-ring (bicyclic) bond motifs is 1. The molecule has 0 bridgehead atoms. The van der Waals surface area contributed by atoms with Gasteiger partial charge in [-0.05, 0) is 24.3 Å². The van der Waals surface area contributed by atoms with Crippen molar-refractivity contribution in [3.05, 3.63) is 36.3 Å². The molecule has 1 saturated heterocycles. The van der Waals surface area contributed by atoms with E-state index in [0.29, 0.717) is 6.54 Å². The molecule has 1 aliphatic heterocycles. The molecule has 25 heavy (non-hydrogen) atoms. The summed E-state index contributed by atoms with van der Waals surface area (Å²) in [6.07, 6.45) is 1.90. The first-order chi connectivity index (χ1) is 11.7. The molecule has 3 aromatic rings. The third kappa shape index (κ3) is 3.77. The van der Waals surface area contributed by atoms with Gasteiger partial charge in [0.25, 0.3) is 0 Å². The van der Waals surface area contributed by atoms with Crippen molar-refractivity contribution in [1.82, 2.24) is 19.5 Å². The van der Waals surface area contributed by atoms with Gasteiger partial charge in [-0.25, -0.2) is 13.9 Å². The summed E-state index contributed by atoms with van der Waals surface area (Å²) in [5.41, 5.74) is 7.32. The number of hydrogen-bond acceptors (Lipinski definition) is 6. The molecule has 0 aliphatic carbocycles. The molecule has 0 atom stereocenters. The Balaban J connectivity index is 0.00000182. The van der Waals surface area contributed by atoms with E-state index in [1.54, 1.807) is 23.5 Å². The lowest BCUT2D eigenvalue weighted by molar-refractivity contribution is 0.264. The van der Waals surface area contributed by atoms with Crippen molar-refractivity contribution in [2.24, 2.45) is 5.73 Å². The number of piperazine rings is 1. The number of anilines is 1. The zero-order valence-corrected chi connectivity index (χ0v) is 15.3. The maximum Gasteiger partial charge on any atom is 0.214 e. The van der Waals surface area contributed by atoms with Crippen LogP contribution in [0.5, 0.6) is 0 Å². The Hall–Kier alpha value is -1.74. The van der Waals surface area contributed by atoms with E-state index in [9.17, 15) is 4.39 Å². The zero-order valence-electron chi connectivity index (χ0n) is 13.6. The van der Waals surface area contributed by atoms with E-state index >= 15 is 0 Å². The van der Waals surface area contributed by atoms with Crippen LogP contribution in [0.3, 0.4) is 0 Å². The molecular formula is C16H20ClFN6S. The molecule has 0 unspecified atom stereocenters. The fraction of sp³-hybridized carbons (Fsp3) is 0.375. The molecule has 134 valence electrons. The highest BCUT2D eigenvalue weighted by Gasteiger charge is 2.20. The summed E-state index contributed by atoms with van der Waals surface area (Å²) in [6, 6.07) is 6.36. The van der Waals surface area contributed by atoms with Gasteiger partial charge >= 0.3 is 0 Å². The van der Waals surface area contributed by atoms with Gasteiger partial charge in [-0.2, -0.15) is 0 Å². The average Bonchev–Trinajstić information content (AvgIpc) is 3.15. The van der Waals surface area contributed by atoms with Crippen LogP contribution in [0.25, 0.3) is 16.2 Å². The lowest BCUT2D eigenvalue weighted by Gasteiger charge is -2.33. The predicted molar refractivity (Wildman–Crippen MR) is 101 cm³/mol. The summed E-state index contributed by atoms with van der Waals surface area (Å²) < 4.78 is 14.8. The van der Waals surface area contributed by atoms with Crippen molar-refractivity contribution in [2.75, 3.05) is 44.2 Å². The highest BCUT2D eigenvalue weighted by atomic mass is 35.5. The van der Waals surface area contributed by atoms with Gasteiger partial charge in [-0.15, -0.1) is 17.5 Å². The lowest BCUT2D eigenvalue weighted by Crippen LogP contribution is -2.47. The first kappa shape index (κ1) is 18.1. The monoisotopic (exact) mass is 382 g/mol. The van der Waals surface area contributed by atoms with Crippen molar-refractivity contribution in [3.8, 4) is 11.3 Å². The normalized spacial score (nSPS) is 15.5. The number of nitrogens with zero attached hydrogens (tertiary/aromatic N) is 5. The van der Waals surface area contributed by atoms with Gasteiger partial charge in [-0.1, -0.05) is 11.3 Å². The Kier molecular flexibility index (Phi) is 5.53. The minimum absolute atomic E-state index is 0. The third-order valence-electron chi connectivity index (χ3n) is 4.26. The second kappa shape index (κ2) is 7.65. The minimum Gasteiger partial charge on any atom is -0.344 e. The number of imidazole rings is 1. The highest BCUT2D eigenvalue weighted by Crippen LogP contribution is 2.27. The Bertz CT molecular complexity index is 793. The van der Waals surface area contributed by atoms with Crippen LogP contribution in [-0.4, -0.2) is 58.8 Å². The fourth-order valence-corrected chi connectivity index (χ4v) is 3.86. The molecule has 0 amide bonds. The van der Waals surface area contributed by atoms with Crippen LogP contribution in [-0.2, 0) is 0 Å². The second-order valence-electron chi connectivity index (χ2n) is 5.86. The first-order valence-corrected chi connectivity index (χ1v) is 8.84. The van der Waals surface area contributed by atoms with Crippen LogP contribution in [0.4, 0.5) is 9.52 Å². The quantitative estimate of drug-likeness (QED) is 0.748. The third-order valence-corrected chi connectivity index (χ3v) is 5.24. The van der Waals surface area contributed by atoms with Gasteiger partial charge in [0.15, 0.2) is 0 Å². The fourth-order valence-electron chi connectivity index (χ4n) is 2.92. The van der Waals surface area contributed by atoms with Crippen LogP contribution in [0.15, 0.2) is 30.5 Å². The van der Waals surface area contributed by atoms with Crippen LogP contribution < -0.4 is 10.6 Å². The Morgan fingerprint density at radius 3 is 2.48 bits per heavy atom. The molecule has 3 heterocycles. The van der Waals surface area contributed by atoms with E-state index in [1.165, 1.54) is 12.1 Å². The Labute approximate surface area is 155 Å². The number of aromatic nitrogens is 3. The van der Waals surface area contributed by atoms with Crippen LogP contribution in [0.1, 0.15) is 0 Å². The maximum absolute atomic E-state index is 13.0. The number of benzene rings is 1. The molecule has 1 aromatic carbocycles. The number of nitrogens with two attached hydrogens (primary N) is 1. The summed E-state index contributed by atoms with van der Waals surface area (Å²) in [6.45, 7) is 5.61. The van der Waals surface area contributed by atoms with Gasteiger partial charge in [-0.3, -0.25) is 4.90 Å². The molecule has 6 nitrogen and oxygen atoms in total. The van der Waals surface area contributed by atoms with Crippen LogP contribution in [0, 0.1) is 5.82 Å². The van der Waals surface area contributed by atoms with Gasteiger partial charge < -0.3 is 10.6 Å². The topological polar surface area (TPSA) is 62.7 Å². The SMILES string of the molecule is Cl.NCCN1CCN(c2nn3cc(-c4ccc(F)cc4)nc3s2)CC1. The molecule has 0 saturated carbocycles. The van der Waals surface area contributed by atoms with Gasteiger partial charge in [0, 0.05) is 44.8 Å². The number of hydrogen-bond donors (Lipinski definition) is 1. The lowest BCUT2D eigenvalue weighted by atomic mass is 10.2. The molecular weight excluding hydrogens is 363 g/mol. The molecule has 2 N–H and O–H groups in total. The van der Waals surface area contributed by atoms with Gasteiger partial charge in [0.1, 0.15) is 5.82 Å². The Morgan fingerprint density at radius 2 is 1.84 bits per heavy atom. The average molecular weight is 383 g/mol. The zero-order chi connectivity index (χ0) is 16.5. The maximum atomic E-state index is 13.0. The van der Waals surface area contributed by atoms with Crippen molar-refractivity contribution in [3.63, 3.8) is 0 Å². The van der Waals surface area contributed by atoms with Crippen molar-refractivity contribution in [2.45, 2.75) is 0 Å². The predicted octanol–water partition coefficient (Wildman–Crippen LogP) is 2.10.